The van der Waals surface area contributed by atoms with E-state index in [1.807, 2.05) is 0 Å². The number of anilines is 1. The Labute approximate surface area is 167 Å². The Morgan fingerprint density at radius 2 is 2.18 bits per heavy atom. The monoisotopic (exact) mass is 452 g/mol. The fourth-order valence-corrected chi connectivity index (χ4v) is 3.51. The van der Waals surface area contributed by atoms with E-state index in [9.17, 15) is 18.0 Å². The van der Waals surface area contributed by atoms with Gasteiger partial charge < -0.3 is 15.2 Å². The summed E-state index contributed by atoms with van der Waals surface area (Å²) in [5.41, 5.74) is -2.03. The van der Waals surface area contributed by atoms with Gasteiger partial charge in [-0.3, -0.25) is 0 Å². The number of amides is 2. The lowest BCUT2D eigenvalue weighted by Crippen LogP contribution is -2.59. The average Bonchev–Trinajstić information content (AvgIpc) is 3.35. The molecule has 1 aliphatic heterocycles. The molecule has 146 valence electrons. The van der Waals surface area contributed by atoms with E-state index >= 15 is 0 Å². The second-order valence-electron chi connectivity index (χ2n) is 7.07. The Morgan fingerprint density at radius 3 is 2.79 bits per heavy atom. The number of halogens is 4. The van der Waals surface area contributed by atoms with Gasteiger partial charge in [-0.2, -0.15) is 0 Å². The molecule has 2 heterocycles. The summed E-state index contributed by atoms with van der Waals surface area (Å²) in [5, 5.41) is 4.74. The van der Waals surface area contributed by atoms with Crippen molar-refractivity contribution in [2.45, 2.75) is 37.8 Å². The number of carbonyl (C=O) groups excluding carboxylic acids is 1. The van der Waals surface area contributed by atoms with Crippen LogP contribution in [0.4, 0.5) is 23.7 Å². The van der Waals surface area contributed by atoms with Crippen molar-refractivity contribution in [1.29, 1.82) is 0 Å². The van der Waals surface area contributed by atoms with E-state index < -0.39 is 23.3 Å². The van der Waals surface area contributed by atoms with Gasteiger partial charge in [0.2, 0.25) is 0 Å². The molecule has 1 aromatic heterocycles. The maximum absolute atomic E-state index is 14.9. The number of nitrogens with one attached hydrogen (secondary N) is 2. The van der Waals surface area contributed by atoms with E-state index in [0.717, 1.165) is 18.9 Å². The molecule has 2 aliphatic rings. The van der Waals surface area contributed by atoms with Crippen molar-refractivity contribution in [2.75, 3.05) is 5.32 Å². The summed E-state index contributed by atoms with van der Waals surface area (Å²) in [6.07, 6.45) is 4.87. The molecule has 2 amide bonds. The third kappa shape index (κ3) is 3.26. The molecule has 1 aliphatic carbocycles. The summed E-state index contributed by atoms with van der Waals surface area (Å²) in [6.45, 7) is 0.796. The minimum absolute atomic E-state index is 0.0391. The van der Waals surface area contributed by atoms with Gasteiger partial charge in [-0.15, -0.1) is 0 Å². The lowest BCUT2D eigenvalue weighted by Gasteiger charge is -2.40. The Balaban J connectivity index is 1.84. The van der Waals surface area contributed by atoms with Crippen LogP contribution in [0.2, 0.25) is 0 Å². The zero-order chi connectivity index (χ0) is 20.1. The predicted octanol–water partition coefficient (Wildman–Crippen LogP) is 4.23. The number of nitrogens with zero attached hydrogens (tertiary/aromatic N) is 2. The molecule has 9 heteroatoms. The van der Waals surface area contributed by atoms with Crippen molar-refractivity contribution < 1.29 is 18.0 Å². The number of carbonyl (C=O) groups is 1. The summed E-state index contributed by atoms with van der Waals surface area (Å²) >= 11 is 3.25. The first-order chi connectivity index (χ1) is 13.2. The van der Waals surface area contributed by atoms with Crippen LogP contribution in [0.3, 0.4) is 0 Å². The normalized spacial score (nSPS) is 21.2. The Bertz CT molecular complexity index is 1020. The molecule has 0 spiro atoms. The van der Waals surface area contributed by atoms with Crippen LogP contribution in [0, 0.1) is 23.6 Å². The van der Waals surface area contributed by atoms with Crippen LogP contribution in [0.15, 0.2) is 29.3 Å². The van der Waals surface area contributed by atoms with Gasteiger partial charge in [0, 0.05) is 42.0 Å². The van der Waals surface area contributed by atoms with E-state index in [4.69, 9.17) is 0 Å². The van der Waals surface area contributed by atoms with E-state index in [1.54, 1.807) is 17.0 Å². The van der Waals surface area contributed by atoms with E-state index in [2.05, 4.69) is 43.4 Å². The lowest BCUT2D eigenvalue weighted by atomic mass is 9.81. The van der Waals surface area contributed by atoms with Crippen LogP contribution in [-0.2, 0) is 12.1 Å². The number of hydrogen-bond donors (Lipinski definition) is 2. The molecule has 0 saturated heterocycles. The molecule has 1 aromatic carbocycles. The maximum atomic E-state index is 14.9. The lowest BCUT2D eigenvalue weighted by molar-refractivity contribution is -0.0465. The number of urea groups is 1. The van der Waals surface area contributed by atoms with Crippen LogP contribution >= 0.6 is 15.9 Å². The summed E-state index contributed by atoms with van der Waals surface area (Å²) in [4.78, 5) is 16.2. The van der Waals surface area contributed by atoms with Gasteiger partial charge in [0.15, 0.2) is 10.3 Å². The highest BCUT2D eigenvalue weighted by Crippen LogP contribution is 2.44. The topological polar surface area (TPSA) is 59.0 Å². The second-order valence-corrected chi connectivity index (χ2v) is 7.78. The highest BCUT2D eigenvalue weighted by molar-refractivity contribution is 9.10. The highest BCUT2D eigenvalue weighted by atomic mass is 79.9. The highest BCUT2D eigenvalue weighted by Gasteiger charge is 2.55. The maximum Gasteiger partial charge on any atom is 0.320 e. The van der Waals surface area contributed by atoms with E-state index in [-0.39, 0.29) is 29.3 Å². The molecular weight excluding hydrogens is 437 g/mol. The number of fused-ring (bicyclic) bond motifs is 1. The minimum atomic E-state index is -3.43. The van der Waals surface area contributed by atoms with Crippen molar-refractivity contribution >= 4 is 27.6 Å². The largest absolute Gasteiger partial charge is 0.321 e. The van der Waals surface area contributed by atoms with E-state index in [0.29, 0.717) is 11.7 Å². The first-order valence-electron chi connectivity index (χ1n) is 8.69. The standard InChI is InChI=1S/C19H16BrF3N4O/c1-18(22,23)19(5-4-11-2-3-11)13-9-14(21)12(8-15(13)25-17(28)26-19)10-27-7-6-24-16(27)20/h6-9,11H,2-3,10H2,1H3,(H2,25,26,28)/t19-/m0/s1. The van der Waals surface area contributed by atoms with Crippen molar-refractivity contribution in [3.8, 4) is 11.8 Å². The molecule has 1 fully saturated rings. The first-order valence-corrected chi connectivity index (χ1v) is 9.48. The van der Waals surface area contributed by atoms with Crippen molar-refractivity contribution in [3.63, 3.8) is 0 Å². The predicted molar refractivity (Wildman–Crippen MR) is 100 cm³/mol. The average molecular weight is 453 g/mol. The number of aromatic nitrogens is 2. The van der Waals surface area contributed by atoms with E-state index in [1.165, 1.54) is 6.07 Å². The number of alkyl halides is 2. The van der Waals surface area contributed by atoms with Crippen LogP contribution in [0.25, 0.3) is 0 Å². The number of imidazole rings is 1. The molecule has 2 N–H and O–H groups in total. The molecule has 28 heavy (non-hydrogen) atoms. The fraction of sp³-hybridized carbons (Fsp3) is 0.368. The van der Waals surface area contributed by atoms with Crippen LogP contribution < -0.4 is 10.6 Å². The summed E-state index contributed by atoms with van der Waals surface area (Å²) in [5.74, 6) is 1.31. The Morgan fingerprint density at radius 1 is 1.43 bits per heavy atom. The first kappa shape index (κ1) is 18.9. The zero-order valence-electron chi connectivity index (χ0n) is 14.8. The molecule has 1 saturated carbocycles. The number of benzene rings is 1. The van der Waals surface area contributed by atoms with Crippen LogP contribution in [-0.4, -0.2) is 21.5 Å². The number of hydrogen-bond acceptors (Lipinski definition) is 2. The molecule has 4 rings (SSSR count). The van der Waals surface area contributed by atoms with Crippen molar-refractivity contribution in [2.24, 2.45) is 5.92 Å². The summed E-state index contributed by atoms with van der Waals surface area (Å²) < 4.78 is 46.4. The van der Waals surface area contributed by atoms with Crippen molar-refractivity contribution in [3.05, 3.63) is 46.2 Å². The smallest absolute Gasteiger partial charge is 0.320 e. The fourth-order valence-electron chi connectivity index (χ4n) is 3.15. The Hall–Kier alpha value is -2.47. The molecule has 5 nitrogen and oxygen atoms in total. The zero-order valence-corrected chi connectivity index (χ0v) is 16.4. The Kier molecular flexibility index (Phi) is 4.42. The molecule has 0 radical (unpaired) electrons. The minimum Gasteiger partial charge on any atom is -0.321 e. The third-order valence-electron chi connectivity index (χ3n) is 4.84. The molecule has 0 unspecified atom stereocenters. The summed E-state index contributed by atoms with van der Waals surface area (Å²) in [6, 6.07) is 1.59. The van der Waals surface area contributed by atoms with Crippen LogP contribution in [0.5, 0.6) is 0 Å². The quantitative estimate of drug-likeness (QED) is 0.684. The van der Waals surface area contributed by atoms with Crippen LogP contribution in [0.1, 0.15) is 30.9 Å². The van der Waals surface area contributed by atoms with Gasteiger partial charge in [0.05, 0.1) is 6.54 Å². The molecule has 0 bridgehead atoms. The molecule has 1 atom stereocenters. The van der Waals surface area contributed by atoms with Crippen molar-refractivity contribution in [1.82, 2.24) is 14.9 Å². The molecular formula is C19H16BrF3N4O. The van der Waals surface area contributed by atoms with Gasteiger partial charge in [-0.25, -0.2) is 22.9 Å². The SMILES string of the molecule is CC(F)(F)[C@@]1(C#CC2CC2)NC(=O)Nc2cc(Cn3ccnc3Br)c(F)cc21. The van der Waals surface area contributed by atoms with Gasteiger partial charge in [0.1, 0.15) is 5.82 Å². The second kappa shape index (κ2) is 6.55. The van der Waals surface area contributed by atoms with Gasteiger partial charge in [0.25, 0.3) is 5.92 Å². The number of rotatable bonds is 3. The summed E-state index contributed by atoms with van der Waals surface area (Å²) in [7, 11) is 0. The van der Waals surface area contributed by atoms with Gasteiger partial charge in [-0.1, -0.05) is 11.8 Å². The third-order valence-corrected chi connectivity index (χ3v) is 5.51. The van der Waals surface area contributed by atoms with Gasteiger partial charge in [-0.05, 0) is 40.9 Å². The molecule has 2 aromatic rings. The van der Waals surface area contributed by atoms with Gasteiger partial charge >= 0.3 is 6.03 Å².